The van der Waals surface area contributed by atoms with Gasteiger partial charge in [0.05, 0.1) is 6.61 Å². The van der Waals surface area contributed by atoms with Gasteiger partial charge in [0, 0.05) is 13.1 Å². The number of Topliss-reactive ketones (excluding diaryl/α,β-unsaturated/α-hetero) is 1. The van der Waals surface area contributed by atoms with Crippen LogP contribution in [0.5, 0.6) is 0 Å². The van der Waals surface area contributed by atoms with E-state index in [2.05, 4.69) is 18.4 Å². The molecule has 0 aromatic heterocycles. The quantitative estimate of drug-likeness (QED) is 0.635. The minimum absolute atomic E-state index is 0.0470. The highest BCUT2D eigenvalue weighted by atomic mass is 16.5. The molecule has 0 aromatic rings. The normalized spacial score (nSPS) is 23.4. The van der Waals surface area contributed by atoms with E-state index >= 15 is 0 Å². The summed E-state index contributed by atoms with van der Waals surface area (Å²) in [6.45, 7) is 10.9. The van der Waals surface area contributed by atoms with Crippen LogP contribution < -0.4 is 0 Å². The Morgan fingerprint density at radius 2 is 2.36 bits per heavy atom. The molecule has 0 N–H and O–H groups in total. The Kier molecular flexibility index (Phi) is 4.29. The van der Waals surface area contributed by atoms with Crippen LogP contribution in [-0.2, 0) is 9.53 Å². The molecule has 1 aliphatic heterocycles. The predicted octanol–water partition coefficient (Wildman–Crippen LogP) is 1.24. The maximum atomic E-state index is 11.6. The van der Waals surface area contributed by atoms with E-state index in [9.17, 15) is 4.79 Å². The van der Waals surface area contributed by atoms with Crippen molar-refractivity contribution in [1.29, 1.82) is 0 Å². The van der Waals surface area contributed by atoms with Crippen LogP contribution in [0.25, 0.3) is 0 Å². The molecule has 0 aromatic carbocycles. The van der Waals surface area contributed by atoms with Gasteiger partial charge in [0.1, 0.15) is 6.10 Å². The van der Waals surface area contributed by atoms with E-state index in [1.165, 1.54) is 0 Å². The maximum Gasteiger partial charge on any atom is 0.187 e. The van der Waals surface area contributed by atoms with E-state index in [4.69, 9.17) is 4.74 Å². The van der Waals surface area contributed by atoms with Gasteiger partial charge in [-0.25, -0.2) is 0 Å². The van der Waals surface area contributed by atoms with Crippen LogP contribution in [-0.4, -0.2) is 43.0 Å². The smallest absolute Gasteiger partial charge is 0.187 e. The molecule has 3 heteroatoms. The molecule has 1 heterocycles. The van der Waals surface area contributed by atoms with Crippen LogP contribution in [0, 0.1) is 0 Å². The first-order chi connectivity index (χ1) is 6.65. The van der Waals surface area contributed by atoms with Gasteiger partial charge in [-0.1, -0.05) is 13.5 Å². The van der Waals surface area contributed by atoms with Gasteiger partial charge in [-0.15, -0.1) is 0 Å². The van der Waals surface area contributed by atoms with Crippen molar-refractivity contribution >= 4 is 5.78 Å². The summed E-state index contributed by atoms with van der Waals surface area (Å²) in [4.78, 5) is 13.9. The summed E-state index contributed by atoms with van der Waals surface area (Å²) >= 11 is 0. The summed E-state index contributed by atoms with van der Waals surface area (Å²) in [5.74, 6) is 0.0470. The van der Waals surface area contributed by atoms with Crippen molar-refractivity contribution in [2.45, 2.75) is 26.4 Å². The molecular formula is C11H19NO2. The van der Waals surface area contributed by atoms with E-state index in [0.717, 1.165) is 26.1 Å². The number of ether oxygens (including phenoxy) is 1. The zero-order valence-electron chi connectivity index (χ0n) is 9.08. The first-order valence-electron chi connectivity index (χ1n) is 5.18. The summed E-state index contributed by atoms with van der Waals surface area (Å²) in [5.41, 5.74) is 0.591. The number of hydrogen-bond donors (Lipinski definition) is 0. The van der Waals surface area contributed by atoms with E-state index in [1.54, 1.807) is 6.92 Å². The largest absolute Gasteiger partial charge is 0.367 e. The van der Waals surface area contributed by atoms with Gasteiger partial charge in [0.25, 0.3) is 0 Å². The van der Waals surface area contributed by atoms with E-state index in [1.807, 2.05) is 0 Å². The first kappa shape index (κ1) is 11.4. The average Bonchev–Trinajstić information content (AvgIpc) is 2.17. The van der Waals surface area contributed by atoms with Crippen molar-refractivity contribution in [1.82, 2.24) is 4.90 Å². The molecule has 3 nitrogen and oxygen atoms in total. The topological polar surface area (TPSA) is 29.5 Å². The Morgan fingerprint density at radius 3 is 2.93 bits per heavy atom. The first-order valence-corrected chi connectivity index (χ1v) is 5.18. The summed E-state index contributed by atoms with van der Waals surface area (Å²) in [6.07, 6.45) is 0.835. The molecule has 1 aliphatic rings. The minimum atomic E-state index is -0.284. The number of carbonyl (C=O) groups is 1. The third-order valence-electron chi connectivity index (χ3n) is 2.40. The number of hydrogen-bond acceptors (Lipinski definition) is 3. The van der Waals surface area contributed by atoms with E-state index in [0.29, 0.717) is 12.2 Å². The molecule has 14 heavy (non-hydrogen) atoms. The van der Waals surface area contributed by atoms with Gasteiger partial charge in [-0.05, 0) is 25.5 Å². The highest BCUT2D eigenvalue weighted by Gasteiger charge is 2.25. The Morgan fingerprint density at radius 1 is 1.64 bits per heavy atom. The monoisotopic (exact) mass is 197 g/mol. The van der Waals surface area contributed by atoms with Crippen molar-refractivity contribution in [3.05, 3.63) is 12.2 Å². The second-order valence-electron chi connectivity index (χ2n) is 3.80. The van der Waals surface area contributed by atoms with Gasteiger partial charge < -0.3 is 4.74 Å². The fraction of sp³-hybridized carbons (Fsp3) is 0.727. The Labute approximate surface area is 85.7 Å². The SMILES string of the molecule is C=C(C)C(=O)C1CN(CCC)CCO1. The highest BCUT2D eigenvalue weighted by Crippen LogP contribution is 2.09. The average molecular weight is 197 g/mol. The van der Waals surface area contributed by atoms with Gasteiger partial charge in [-0.3, -0.25) is 9.69 Å². The third kappa shape index (κ3) is 2.93. The zero-order chi connectivity index (χ0) is 10.6. The minimum Gasteiger partial charge on any atom is -0.367 e. The number of morpholine rings is 1. The molecule has 1 fully saturated rings. The Hall–Kier alpha value is -0.670. The molecule has 1 atom stereocenters. The number of carbonyl (C=O) groups excluding carboxylic acids is 1. The molecule has 0 spiro atoms. The van der Waals surface area contributed by atoms with Crippen LogP contribution in [0.1, 0.15) is 20.3 Å². The molecule has 1 rings (SSSR count). The third-order valence-corrected chi connectivity index (χ3v) is 2.40. The molecule has 0 amide bonds. The molecule has 0 saturated carbocycles. The predicted molar refractivity (Wildman–Crippen MR) is 56.3 cm³/mol. The van der Waals surface area contributed by atoms with E-state index < -0.39 is 0 Å². The van der Waals surface area contributed by atoms with Crippen LogP contribution in [0.4, 0.5) is 0 Å². The Balaban J connectivity index is 2.47. The molecule has 0 radical (unpaired) electrons. The van der Waals surface area contributed by atoms with E-state index in [-0.39, 0.29) is 11.9 Å². The van der Waals surface area contributed by atoms with Crippen LogP contribution in [0.3, 0.4) is 0 Å². The summed E-state index contributed by atoms with van der Waals surface area (Å²) in [5, 5.41) is 0. The second-order valence-corrected chi connectivity index (χ2v) is 3.80. The maximum absolute atomic E-state index is 11.6. The van der Waals surface area contributed by atoms with Crippen molar-refractivity contribution < 1.29 is 9.53 Å². The molecule has 1 unspecified atom stereocenters. The summed E-state index contributed by atoms with van der Waals surface area (Å²) in [6, 6.07) is 0. The van der Waals surface area contributed by atoms with Gasteiger partial charge >= 0.3 is 0 Å². The molecule has 0 bridgehead atoms. The van der Waals surface area contributed by atoms with Gasteiger partial charge in [0.15, 0.2) is 5.78 Å². The lowest BCUT2D eigenvalue weighted by Gasteiger charge is -2.31. The van der Waals surface area contributed by atoms with Crippen molar-refractivity contribution in [3.63, 3.8) is 0 Å². The molecule has 1 saturated heterocycles. The van der Waals surface area contributed by atoms with Crippen molar-refractivity contribution in [3.8, 4) is 0 Å². The number of nitrogens with zero attached hydrogens (tertiary/aromatic N) is 1. The Bertz CT molecular complexity index is 223. The van der Waals surface area contributed by atoms with Crippen LogP contribution >= 0.6 is 0 Å². The number of ketones is 1. The van der Waals surface area contributed by atoms with Gasteiger partial charge in [0.2, 0.25) is 0 Å². The fourth-order valence-corrected chi connectivity index (χ4v) is 1.66. The van der Waals surface area contributed by atoms with Crippen LogP contribution in [0.2, 0.25) is 0 Å². The van der Waals surface area contributed by atoms with Crippen molar-refractivity contribution in [2.24, 2.45) is 0 Å². The second kappa shape index (κ2) is 5.27. The van der Waals surface area contributed by atoms with Crippen LogP contribution in [0.15, 0.2) is 12.2 Å². The van der Waals surface area contributed by atoms with Crippen molar-refractivity contribution in [2.75, 3.05) is 26.2 Å². The standard InChI is InChI=1S/C11H19NO2/c1-4-5-12-6-7-14-10(8-12)11(13)9(2)3/h10H,2,4-8H2,1,3H3. The summed E-state index contributed by atoms with van der Waals surface area (Å²) in [7, 11) is 0. The zero-order valence-corrected chi connectivity index (χ0v) is 9.08. The van der Waals surface area contributed by atoms with Gasteiger partial charge in [-0.2, -0.15) is 0 Å². The summed E-state index contributed by atoms with van der Waals surface area (Å²) < 4.78 is 5.43. The fourth-order valence-electron chi connectivity index (χ4n) is 1.66. The lowest BCUT2D eigenvalue weighted by Crippen LogP contribution is -2.46. The number of rotatable bonds is 4. The molecular weight excluding hydrogens is 178 g/mol. The lowest BCUT2D eigenvalue weighted by molar-refractivity contribution is -0.132. The highest BCUT2D eigenvalue weighted by molar-refractivity contribution is 5.97. The molecule has 80 valence electrons. The molecule has 0 aliphatic carbocycles. The lowest BCUT2D eigenvalue weighted by atomic mass is 10.1.